The van der Waals surface area contributed by atoms with Gasteiger partial charge < -0.3 is 0 Å². The van der Waals surface area contributed by atoms with Crippen molar-refractivity contribution in [3.8, 4) is 0 Å². The molecule has 0 bridgehead atoms. The van der Waals surface area contributed by atoms with E-state index < -0.39 is 4.87 Å². The predicted molar refractivity (Wildman–Crippen MR) is 69.9 cm³/mol. The molecule has 1 aromatic rings. The third kappa shape index (κ3) is 2.92. The third-order valence-corrected chi connectivity index (χ3v) is 3.73. The summed E-state index contributed by atoms with van der Waals surface area (Å²) >= 11 is 12.6. The lowest BCUT2D eigenvalue weighted by Crippen LogP contribution is -2.34. The van der Waals surface area contributed by atoms with E-state index in [2.05, 4.69) is 17.9 Å². The smallest absolute Gasteiger partial charge is 0.106 e. The van der Waals surface area contributed by atoms with Crippen LogP contribution >= 0.6 is 23.2 Å². The van der Waals surface area contributed by atoms with Gasteiger partial charge in [0.15, 0.2) is 0 Å². The van der Waals surface area contributed by atoms with Crippen molar-refractivity contribution in [2.75, 3.05) is 6.54 Å². The number of nitrogens with one attached hydrogen (secondary N) is 2. The highest BCUT2D eigenvalue weighted by atomic mass is 35.5. The lowest BCUT2D eigenvalue weighted by atomic mass is 10.1. The van der Waals surface area contributed by atoms with Gasteiger partial charge in [0.1, 0.15) is 11.0 Å². The zero-order valence-corrected chi connectivity index (χ0v) is 11.2. The van der Waals surface area contributed by atoms with Crippen LogP contribution in [0.1, 0.15) is 25.3 Å². The van der Waals surface area contributed by atoms with Crippen LogP contribution in [0.3, 0.4) is 0 Å². The largest absolute Gasteiger partial charge is 0.281 e. The van der Waals surface area contributed by atoms with Crippen molar-refractivity contribution in [1.29, 1.82) is 0 Å². The summed E-state index contributed by atoms with van der Waals surface area (Å²) in [5.41, 5.74) is 6.60. The molecule has 1 aromatic carbocycles. The first-order valence-corrected chi connectivity index (χ1v) is 6.51. The SMILES string of the molecule is CCCNNOC1CC1(Cl)c1ccccc1Cl. The molecule has 17 heavy (non-hydrogen) atoms. The van der Waals surface area contributed by atoms with Gasteiger partial charge in [-0.1, -0.05) is 36.7 Å². The van der Waals surface area contributed by atoms with Gasteiger partial charge in [0, 0.05) is 18.0 Å². The first-order chi connectivity index (χ1) is 8.18. The molecule has 0 aliphatic heterocycles. The predicted octanol–water partition coefficient (Wildman–Crippen LogP) is 2.98. The number of hydrogen-bond acceptors (Lipinski definition) is 3. The second-order valence-electron chi connectivity index (χ2n) is 4.18. The highest BCUT2D eigenvalue weighted by molar-refractivity contribution is 6.34. The van der Waals surface area contributed by atoms with Crippen LogP contribution < -0.4 is 11.0 Å². The molecule has 2 unspecified atom stereocenters. The molecule has 2 atom stereocenters. The summed E-state index contributed by atoms with van der Waals surface area (Å²) in [5.74, 6) is 0. The van der Waals surface area contributed by atoms with Crippen LogP contribution in [0.5, 0.6) is 0 Å². The first-order valence-electron chi connectivity index (χ1n) is 5.76. The van der Waals surface area contributed by atoms with Crippen LogP contribution in [-0.4, -0.2) is 12.6 Å². The molecule has 1 saturated carbocycles. The Hall–Kier alpha value is -0.320. The number of alkyl halides is 1. The van der Waals surface area contributed by atoms with Crippen LogP contribution in [0.2, 0.25) is 5.02 Å². The Morgan fingerprint density at radius 2 is 2.24 bits per heavy atom. The van der Waals surface area contributed by atoms with E-state index in [9.17, 15) is 0 Å². The molecular formula is C12H16Cl2N2O. The third-order valence-electron chi connectivity index (χ3n) is 2.80. The molecule has 0 aromatic heterocycles. The molecule has 94 valence electrons. The summed E-state index contributed by atoms with van der Waals surface area (Å²) < 4.78 is 0. The standard InChI is InChI=1S/C12H16Cl2N2O/c1-2-7-15-16-17-11-8-12(11,14)9-5-3-4-6-10(9)13/h3-6,11,15-16H,2,7-8H2,1H3. The number of benzene rings is 1. The quantitative estimate of drug-likeness (QED) is 0.475. The minimum absolute atomic E-state index is 0.0478. The maximum Gasteiger partial charge on any atom is 0.106 e. The van der Waals surface area contributed by atoms with E-state index in [-0.39, 0.29) is 6.10 Å². The maximum absolute atomic E-state index is 6.48. The molecule has 0 heterocycles. The summed E-state index contributed by atoms with van der Waals surface area (Å²) in [5, 5.41) is 0.690. The van der Waals surface area contributed by atoms with Gasteiger partial charge in [0.2, 0.25) is 0 Å². The van der Waals surface area contributed by atoms with Gasteiger partial charge in [-0.3, -0.25) is 4.84 Å². The summed E-state index contributed by atoms with van der Waals surface area (Å²) in [4.78, 5) is 4.94. The normalized spacial score (nSPS) is 27.1. The Morgan fingerprint density at radius 3 is 2.94 bits per heavy atom. The molecule has 0 spiro atoms. The van der Waals surface area contributed by atoms with Gasteiger partial charge in [-0.2, -0.15) is 0 Å². The molecule has 5 heteroatoms. The number of rotatable bonds is 6. The Labute approximate surface area is 111 Å². The Bertz CT molecular complexity index is 389. The van der Waals surface area contributed by atoms with Gasteiger partial charge in [-0.25, -0.2) is 5.43 Å². The lowest BCUT2D eigenvalue weighted by Gasteiger charge is -2.12. The molecule has 3 nitrogen and oxygen atoms in total. The van der Waals surface area contributed by atoms with Gasteiger partial charge >= 0.3 is 0 Å². The molecule has 2 N–H and O–H groups in total. The van der Waals surface area contributed by atoms with Crippen LogP contribution in [0.25, 0.3) is 0 Å². The lowest BCUT2D eigenvalue weighted by molar-refractivity contribution is -0.00684. The van der Waals surface area contributed by atoms with Gasteiger partial charge in [-0.05, 0) is 18.1 Å². The van der Waals surface area contributed by atoms with Crippen molar-refractivity contribution in [3.05, 3.63) is 34.9 Å². The Balaban J connectivity index is 1.89. The summed E-state index contributed by atoms with van der Waals surface area (Å²) in [7, 11) is 0. The first kappa shape index (κ1) is 13.1. The van der Waals surface area contributed by atoms with Crippen LogP contribution in [0.4, 0.5) is 0 Å². The van der Waals surface area contributed by atoms with Gasteiger partial charge in [0.05, 0.1) is 0 Å². The molecule has 2 rings (SSSR count). The van der Waals surface area contributed by atoms with Crippen LogP contribution in [0, 0.1) is 0 Å². The van der Waals surface area contributed by atoms with E-state index in [0.29, 0.717) is 5.02 Å². The number of hydrazine groups is 1. The Kier molecular flexibility index (Phi) is 4.28. The topological polar surface area (TPSA) is 33.3 Å². The van der Waals surface area contributed by atoms with Crippen molar-refractivity contribution in [2.45, 2.75) is 30.7 Å². The summed E-state index contributed by atoms with van der Waals surface area (Å²) in [6, 6.07) is 7.62. The fourth-order valence-corrected chi connectivity index (χ4v) is 2.42. The van der Waals surface area contributed by atoms with E-state index in [1.165, 1.54) is 0 Å². The molecule has 0 saturated heterocycles. The highest BCUT2D eigenvalue weighted by Crippen LogP contribution is 2.55. The molecule has 1 aliphatic carbocycles. The van der Waals surface area contributed by atoms with E-state index in [1.807, 2.05) is 24.3 Å². The summed E-state index contributed by atoms with van der Waals surface area (Å²) in [6.45, 7) is 2.94. The van der Waals surface area contributed by atoms with Crippen molar-refractivity contribution in [3.63, 3.8) is 0 Å². The Morgan fingerprint density at radius 1 is 1.47 bits per heavy atom. The molecule has 1 fully saturated rings. The molecular weight excluding hydrogens is 259 g/mol. The maximum atomic E-state index is 6.48. The van der Waals surface area contributed by atoms with E-state index in [4.69, 9.17) is 28.0 Å². The average Bonchev–Trinajstić information content (AvgIpc) is 2.98. The molecule has 0 amide bonds. The fraction of sp³-hybridized carbons (Fsp3) is 0.500. The van der Waals surface area contributed by atoms with Crippen LogP contribution in [0.15, 0.2) is 24.3 Å². The van der Waals surface area contributed by atoms with Gasteiger partial charge in [0.25, 0.3) is 0 Å². The summed E-state index contributed by atoms with van der Waals surface area (Å²) in [6.07, 6.45) is 1.75. The second-order valence-corrected chi connectivity index (χ2v) is 5.26. The van der Waals surface area contributed by atoms with Gasteiger partial charge in [-0.15, -0.1) is 17.2 Å². The van der Waals surface area contributed by atoms with Crippen molar-refractivity contribution in [1.82, 2.24) is 11.0 Å². The zero-order chi connectivity index (χ0) is 12.3. The molecule has 1 aliphatic rings. The number of hydrogen-bond donors (Lipinski definition) is 2. The van der Waals surface area contributed by atoms with Crippen LogP contribution in [-0.2, 0) is 9.71 Å². The second kappa shape index (κ2) is 5.55. The van der Waals surface area contributed by atoms with Crippen molar-refractivity contribution < 1.29 is 4.84 Å². The minimum atomic E-state index is -0.487. The van der Waals surface area contributed by atoms with E-state index in [0.717, 1.165) is 24.9 Å². The van der Waals surface area contributed by atoms with E-state index >= 15 is 0 Å². The monoisotopic (exact) mass is 274 g/mol. The minimum Gasteiger partial charge on any atom is -0.281 e. The highest BCUT2D eigenvalue weighted by Gasteiger charge is 2.57. The number of halogens is 2. The average molecular weight is 275 g/mol. The fourth-order valence-electron chi connectivity index (χ4n) is 1.72. The zero-order valence-electron chi connectivity index (χ0n) is 9.67. The van der Waals surface area contributed by atoms with Crippen molar-refractivity contribution in [2.24, 2.45) is 0 Å². The molecule has 0 radical (unpaired) electrons. The van der Waals surface area contributed by atoms with Crippen molar-refractivity contribution >= 4 is 23.2 Å². The van der Waals surface area contributed by atoms with E-state index in [1.54, 1.807) is 0 Å².